The lowest BCUT2D eigenvalue weighted by Crippen LogP contribution is -2.33. The number of aromatic nitrogens is 2. The highest BCUT2D eigenvalue weighted by atomic mass is 35.5. The molecule has 0 unspecified atom stereocenters. The third kappa shape index (κ3) is 4.72. The van der Waals surface area contributed by atoms with Crippen LogP contribution in [0.4, 0.5) is 5.69 Å². The molecular formula is C30H32ClN3O3. The predicted octanol–water partition coefficient (Wildman–Crippen LogP) is 6.93. The van der Waals surface area contributed by atoms with Gasteiger partial charge in [0.15, 0.2) is 6.10 Å². The second kappa shape index (κ2) is 9.51. The van der Waals surface area contributed by atoms with E-state index in [-0.39, 0.29) is 0 Å². The molecule has 0 radical (unpaired) electrons. The van der Waals surface area contributed by atoms with Crippen molar-refractivity contribution in [3.63, 3.8) is 0 Å². The highest BCUT2D eigenvalue weighted by molar-refractivity contribution is 6.30. The van der Waals surface area contributed by atoms with Gasteiger partial charge in [0.2, 0.25) is 0 Å². The first-order chi connectivity index (χ1) is 17.5. The van der Waals surface area contributed by atoms with Gasteiger partial charge in [0, 0.05) is 53.7 Å². The average Bonchev–Trinajstić information content (AvgIpc) is 3.17. The molecule has 0 fully saturated rings. The highest BCUT2D eigenvalue weighted by Gasteiger charge is 2.36. The standard InChI is InChI=1S/C30H32ClN3O3/c1-18-15-23-25(21-8-10-22(31)11-9-21)24(28(29(35)36)37-30(3,4)5)19(2)26-27(23)34(18)14-13-33(26)17-20-7-6-12-32-16-20/h6-12,15-16,28H,13-14,17H2,1-5H3,(H,35,36)/t28-/m0/s1. The largest absolute Gasteiger partial charge is 0.479 e. The maximum atomic E-state index is 12.8. The molecule has 1 aliphatic heterocycles. The summed E-state index contributed by atoms with van der Waals surface area (Å²) < 4.78 is 8.60. The molecule has 0 spiro atoms. The number of carboxylic acid groups (broad SMARTS) is 1. The summed E-state index contributed by atoms with van der Waals surface area (Å²) in [6.45, 7) is 12.1. The molecule has 1 aliphatic rings. The number of pyridine rings is 1. The van der Waals surface area contributed by atoms with Crippen LogP contribution < -0.4 is 4.90 Å². The molecule has 5 rings (SSSR count). The fourth-order valence-electron chi connectivity index (χ4n) is 5.48. The van der Waals surface area contributed by atoms with Gasteiger partial charge in [-0.1, -0.05) is 29.8 Å². The van der Waals surface area contributed by atoms with Crippen LogP contribution in [0.2, 0.25) is 5.02 Å². The van der Waals surface area contributed by atoms with Crippen LogP contribution in [0, 0.1) is 13.8 Å². The molecule has 4 aromatic rings. The zero-order valence-corrected chi connectivity index (χ0v) is 22.6. The van der Waals surface area contributed by atoms with Crippen LogP contribution in [-0.2, 0) is 22.6 Å². The van der Waals surface area contributed by atoms with Crippen LogP contribution in [0.25, 0.3) is 22.0 Å². The fourth-order valence-corrected chi connectivity index (χ4v) is 5.61. The van der Waals surface area contributed by atoms with E-state index in [2.05, 4.69) is 33.5 Å². The van der Waals surface area contributed by atoms with Gasteiger partial charge in [0.25, 0.3) is 0 Å². The second-order valence-corrected chi connectivity index (χ2v) is 11.1. The fraction of sp³-hybridized carbons (Fsp3) is 0.333. The summed E-state index contributed by atoms with van der Waals surface area (Å²) in [7, 11) is 0. The van der Waals surface area contributed by atoms with Crippen LogP contribution >= 0.6 is 11.6 Å². The van der Waals surface area contributed by atoms with E-state index in [1.165, 1.54) is 0 Å². The van der Waals surface area contributed by atoms with Crippen molar-refractivity contribution < 1.29 is 14.6 Å². The monoisotopic (exact) mass is 517 g/mol. The van der Waals surface area contributed by atoms with E-state index in [0.717, 1.165) is 57.6 Å². The molecular weight excluding hydrogens is 486 g/mol. The number of halogens is 1. The van der Waals surface area contributed by atoms with Gasteiger partial charge in [0.05, 0.1) is 16.8 Å². The predicted molar refractivity (Wildman–Crippen MR) is 148 cm³/mol. The lowest BCUT2D eigenvalue weighted by Gasteiger charge is -2.36. The quantitative estimate of drug-likeness (QED) is 0.300. The third-order valence-electron chi connectivity index (χ3n) is 6.92. The van der Waals surface area contributed by atoms with Crippen molar-refractivity contribution in [1.29, 1.82) is 0 Å². The number of benzene rings is 2. The molecule has 0 saturated heterocycles. The summed E-state index contributed by atoms with van der Waals surface area (Å²) in [6, 6.07) is 13.8. The number of carboxylic acids is 1. The number of hydrogen-bond donors (Lipinski definition) is 1. The molecule has 1 atom stereocenters. The van der Waals surface area contributed by atoms with Crippen molar-refractivity contribution in [3.05, 3.63) is 82.3 Å². The van der Waals surface area contributed by atoms with E-state index >= 15 is 0 Å². The smallest absolute Gasteiger partial charge is 0.337 e. The molecule has 0 bridgehead atoms. The van der Waals surface area contributed by atoms with Crippen LogP contribution in [0.3, 0.4) is 0 Å². The van der Waals surface area contributed by atoms with E-state index in [4.69, 9.17) is 16.3 Å². The Morgan fingerprint density at radius 1 is 1.16 bits per heavy atom. The molecule has 1 N–H and O–H groups in total. The maximum absolute atomic E-state index is 12.8. The molecule has 6 nitrogen and oxygen atoms in total. The topological polar surface area (TPSA) is 67.6 Å². The van der Waals surface area contributed by atoms with Crippen molar-refractivity contribution in [3.8, 4) is 11.1 Å². The van der Waals surface area contributed by atoms with Gasteiger partial charge in [0.1, 0.15) is 0 Å². The number of ether oxygens (including phenoxy) is 1. The summed E-state index contributed by atoms with van der Waals surface area (Å²) in [4.78, 5) is 19.4. The number of aryl methyl sites for hydroxylation is 1. The SMILES string of the molecule is Cc1c([C@H](OC(C)(C)C)C(=O)O)c(-c2ccc(Cl)cc2)c2cc(C)n3c2c1N(Cc1cccnc1)CC3. The maximum Gasteiger partial charge on any atom is 0.337 e. The van der Waals surface area contributed by atoms with Crippen molar-refractivity contribution in [2.45, 2.75) is 59.4 Å². The van der Waals surface area contributed by atoms with Gasteiger partial charge in [-0.25, -0.2) is 4.79 Å². The molecule has 37 heavy (non-hydrogen) atoms. The zero-order valence-electron chi connectivity index (χ0n) is 21.9. The van der Waals surface area contributed by atoms with Crippen molar-refractivity contribution in [1.82, 2.24) is 9.55 Å². The first kappa shape index (κ1) is 25.3. The van der Waals surface area contributed by atoms with Crippen molar-refractivity contribution in [2.75, 3.05) is 11.4 Å². The number of nitrogens with zero attached hydrogens (tertiary/aromatic N) is 3. The van der Waals surface area contributed by atoms with Gasteiger partial charge in [-0.2, -0.15) is 0 Å². The lowest BCUT2D eigenvalue weighted by molar-refractivity contribution is -0.160. The Balaban J connectivity index is 1.85. The Hall–Kier alpha value is -3.35. The molecule has 2 aromatic carbocycles. The Morgan fingerprint density at radius 3 is 2.51 bits per heavy atom. The van der Waals surface area contributed by atoms with Crippen LogP contribution in [0.15, 0.2) is 54.9 Å². The normalized spacial score (nSPS) is 14.3. The first-order valence-electron chi connectivity index (χ1n) is 12.5. The number of hydrogen-bond acceptors (Lipinski definition) is 4. The summed E-state index contributed by atoms with van der Waals surface area (Å²) in [6.07, 6.45) is 2.52. The van der Waals surface area contributed by atoms with E-state index < -0.39 is 17.7 Å². The van der Waals surface area contributed by atoms with E-state index in [1.54, 1.807) is 6.20 Å². The molecule has 3 heterocycles. The molecule has 0 amide bonds. The summed E-state index contributed by atoms with van der Waals surface area (Å²) in [5, 5.41) is 12.1. The third-order valence-corrected chi connectivity index (χ3v) is 7.17. The second-order valence-electron chi connectivity index (χ2n) is 10.7. The average molecular weight is 518 g/mol. The van der Waals surface area contributed by atoms with Gasteiger partial charge in [-0.05, 0) is 81.1 Å². The Kier molecular flexibility index (Phi) is 6.50. The Morgan fingerprint density at radius 2 is 1.89 bits per heavy atom. The minimum absolute atomic E-state index is 0.633. The summed E-state index contributed by atoms with van der Waals surface area (Å²) in [5.41, 5.74) is 7.17. The zero-order chi connectivity index (χ0) is 26.5. The lowest BCUT2D eigenvalue weighted by atomic mass is 9.87. The molecule has 0 saturated carbocycles. The van der Waals surface area contributed by atoms with Gasteiger partial charge >= 0.3 is 5.97 Å². The number of aliphatic carboxylic acids is 1. The minimum Gasteiger partial charge on any atom is -0.479 e. The van der Waals surface area contributed by atoms with E-state index in [9.17, 15) is 9.90 Å². The van der Waals surface area contributed by atoms with E-state index in [1.807, 2.05) is 64.2 Å². The van der Waals surface area contributed by atoms with Gasteiger partial charge < -0.3 is 19.3 Å². The van der Waals surface area contributed by atoms with Gasteiger partial charge in [-0.15, -0.1) is 0 Å². The first-order valence-corrected chi connectivity index (χ1v) is 12.9. The Bertz CT molecular complexity index is 1470. The van der Waals surface area contributed by atoms with Gasteiger partial charge in [-0.3, -0.25) is 4.98 Å². The van der Waals surface area contributed by atoms with Crippen molar-refractivity contribution in [2.24, 2.45) is 0 Å². The molecule has 7 heteroatoms. The van der Waals surface area contributed by atoms with Crippen LogP contribution in [-0.4, -0.2) is 32.8 Å². The number of carbonyl (C=O) groups is 1. The molecule has 2 aromatic heterocycles. The molecule has 0 aliphatic carbocycles. The highest BCUT2D eigenvalue weighted by Crippen LogP contribution is 2.48. The molecule has 192 valence electrons. The number of rotatable bonds is 6. The summed E-state index contributed by atoms with van der Waals surface area (Å²) >= 11 is 6.24. The van der Waals surface area contributed by atoms with E-state index in [0.29, 0.717) is 17.1 Å². The number of anilines is 1. The summed E-state index contributed by atoms with van der Waals surface area (Å²) in [5.74, 6) is -1.01. The van der Waals surface area contributed by atoms with Crippen LogP contribution in [0.5, 0.6) is 0 Å². The minimum atomic E-state index is -1.14. The van der Waals surface area contributed by atoms with Crippen molar-refractivity contribution >= 4 is 34.2 Å². The Labute approximate surface area is 222 Å². The van der Waals surface area contributed by atoms with Crippen LogP contribution in [0.1, 0.15) is 49.3 Å².